The number of halogens is 1. The summed E-state index contributed by atoms with van der Waals surface area (Å²) in [5.74, 6) is 0.404. The van der Waals surface area contributed by atoms with Crippen LogP contribution in [-0.4, -0.2) is 9.97 Å². The average molecular weight is 233 g/mol. The quantitative estimate of drug-likeness (QED) is 0.784. The minimum atomic E-state index is 0.404. The molecule has 0 fully saturated rings. The van der Waals surface area contributed by atoms with Gasteiger partial charge >= 0.3 is 0 Å². The van der Waals surface area contributed by atoms with Gasteiger partial charge in [-0.25, -0.2) is 9.97 Å². The van der Waals surface area contributed by atoms with E-state index >= 15 is 0 Å². The molecule has 2 rings (SSSR count). The molecule has 0 N–H and O–H groups in total. The van der Waals surface area contributed by atoms with Crippen LogP contribution in [0.4, 0.5) is 0 Å². The highest BCUT2D eigenvalue weighted by Gasteiger charge is 2.05. The van der Waals surface area contributed by atoms with Crippen LogP contribution in [0.3, 0.4) is 0 Å². The topological polar surface area (TPSA) is 25.8 Å². The molecule has 0 bridgehead atoms. The van der Waals surface area contributed by atoms with Crippen molar-refractivity contribution in [3.63, 3.8) is 0 Å². The van der Waals surface area contributed by atoms with Gasteiger partial charge in [0.25, 0.3) is 0 Å². The monoisotopic (exact) mass is 232 g/mol. The standard InChI is InChI=1S/C13H13ClN2/c1-9(2)12-7-13(16-8-15-12)10-4-3-5-11(14)6-10/h3-9H,1-2H3. The summed E-state index contributed by atoms with van der Waals surface area (Å²) in [4.78, 5) is 8.51. The Morgan fingerprint density at radius 2 is 1.94 bits per heavy atom. The third kappa shape index (κ3) is 2.39. The van der Waals surface area contributed by atoms with E-state index in [1.54, 1.807) is 6.33 Å². The van der Waals surface area contributed by atoms with Gasteiger partial charge in [0.05, 0.1) is 5.69 Å². The molecule has 82 valence electrons. The van der Waals surface area contributed by atoms with Crippen molar-refractivity contribution >= 4 is 11.6 Å². The van der Waals surface area contributed by atoms with Crippen LogP contribution in [-0.2, 0) is 0 Å². The highest BCUT2D eigenvalue weighted by atomic mass is 35.5. The maximum Gasteiger partial charge on any atom is 0.116 e. The van der Waals surface area contributed by atoms with Crippen LogP contribution < -0.4 is 0 Å². The minimum Gasteiger partial charge on any atom is -0.241 e. The van der Waals surface area contributed by atoms with Crippen molar-refractivity contribution in [1.82, 2.24) is 9.97 Å². The molecule has 0 saturated heterocycles. The Morgan fingerprint density at radius 1 is 1.12 bits per heavy atom. The van der Waals surface area contributed by atoms with E-state index in [1.165, 1.54) is 0 Å². The molecule has 0 atom stereocenters. The van der Waals surface area contributed by atoms with Crippen molar-refractivity contribution in [2.24, 2.45) is 0 Å². The Bertz CT molecular complexity index is 495. The molecule has 0 aliphatic heterocycles. The number of rotatable bonds is 2. The Balaban J connectivity index is 2.44. The number of aromatic nitrogens is 2. The van der Waals surface area contributed by atoms with Crippen molar-refractivity contribution in [3.8, 4) is 11.3 Å². The summed E-state index contributed by atoms with van der Waals surface area (Å²) in [5, 5.41) is 0.724. The predicted molar refractivity (Wildman–Crippen MR) is 66.6 cm³/mol. The van der Waals surface area contributed by atoms with Crippen molar-refractivity contribution < 1.29 is 0 Å². The zero-order valence-electron chi connectivity index (χ0n) is 9.31. The van der Waals surface area contributed by atoms with Crippen molar-refractivity contribution in [2.45, 2.75) is 19.8 Å². The summed E-state index contributed by atoms with van der Waals surface area (Å²) < 4.78 is 0. The van der Waals surface area contributed by atoms with Crippen LogP contribution in [0.25, 0.3) is 11.3 Å². The molecule has 0 spiro atoms. The number of hydrogen-bond acceptors (Lipinski definition) is 2. The summed E-state index contributed by atoms with van der Waals surface area (Å²) in [6, 6.07) is 9.70. The number of benzene rings is 1. The third-order valence-electron chi connectivity index (χ3n) is 2.40. The van der Waals surface area contributed by atoms with Gasteiger partial charge < -0.3 is 0 Å². The van der Waals surface area contributed by atoms with E-state index in [0.29, 0.717) is 5.92 Å². The zero-order chi connectivity index (χ0) is 11.5. The first kappa shape index (κ1) is 11.1. The molecular weight excluding hydrogens is 220 g/mol. The van der Waals surface area contributed by atoms with Crippen LogP contribution in [0.15, 0.2) is 36.7 Å². The molecule has 2 nitrogen and oxygen atoms in total. The minimum absolute atomic E-state index is 0.404. The molecule has 0 saturated carbocycles. The molecule has 0 amide bonds. The predicted octanol–water partition coefficient (Wildman–Crippen LogP) is 3.92. The number of nitrogens with zero attached hydrogens (tertiary/aromatic N) is 2. The fraction of sp³-hybridized carbons (Fsp3) is 0.231. The largest absolute Gasteiger partial charge is 0.241 e. The summed E-state index contributed by atoms with van der Waals surface area (Å²) in [6.07, 6.45) is 1.60. The van der Waals surface area contributed by atoms with E-state index in [9.17, 15) is 0 Å². The summed E-state index contributed by atoms with van der Waals surface area (Å²) >= 11 is 5.95. The first-order valence-corrected chi connectivity index (χ1v) is 5.62. The SMILES string of the molecule is CC(C)c1cc(-c2cccc(Cl)c2)ncn1. The van der Waals surface area contributed by atoms with Crippen LogP contribution >= 0.6 is 11.6 Å². The van der Waals surface area contributed by atoms with Crippen molar-refractivity contribution in [1.29, 1.82) is 0 Å². The van der Waals surface area contributed by atoms with E-state index in [1.807, 2.05) is 30.3 Å². The zero-order valence-corrected chi connectivity index (χ0v) is 10.1. The molecule has 1 heterocycles. The van der Waals surface area contributed by atoms with Crippen LogP contribution in [0.2, 0.25) is 5.02 Å². The highest BCUT2D eigenvalue weighted by Crippen LogP contribution is 2.22. The molecule has 1 aromatic carbocycles. The lowest BCUT2D eigenvalue weighted by atomic mass is 10.1. The second kappa shape index (κ2) is 4.62. The normalized spacial score (nSPS) is 10.8. The first-order chi connectivity index (χ1) is 7.66. The maximum atomic E-state index is 5.95. The van der Waals surface area contributed by atoms with E-state index in [0.717, 1.165) is 22.0 Å². The maximum absolute atomic E-state index is 5.95. The lowest BCUT2D eigenvalue weighted by molar-refractivity contribution is 0.815. The summed E-state index contributed by atoms with van der Waals surface area (Å²) in [5.41, 5.74) is 2.99. The molecule has 0 unspecified atom stereocenters. The Hall–Kier alpha value is -1.41. The van der Waals surface area contributed by atoms with Crippen molar-refractivity contribution in [2.75, 3.05) is 0 Å². The van der Waals surface area contributed by atoms with Crippen LogP contribution in [0.5, 0.6) is 0 Å². The molecule has 1 aromatic heterocycles. The summed E-state index contributed by atoms with van der Waals surface area (Å²) in [7, 11) is 0. The van der Waals surface area contributed by atoms with E-state index in [-0.39, 0.29) is 0 Å². The lowest BCUT2D eigenvalue weighted by Crippen LogP contribution is -1.94. The molecule has 2 aromatic rings. The average Bonchev–Trinajstić information content (AvgIpc) is 2.29. The molecule has 0 aliphatic rings. The van der Waals surface area contributed by atoms with Gasteiger partial charge in [-0.3, -0.25) is 0 Å². The van der Waals surface area contributed by atoms with Gasteiger partial charge in [0.15, 0.2) is 0 Å². The molecule has 16 heavy (non-hydrogen) atoms. The Morgan fingerprint density at radius 3 is 2.62 bits per heavy atom. The highest BCUT2D eigenvalue weighted by molar-refractivity contribution is 6.30. The molecular formula is C13H13ClN2. The van der Waals surface area contributed by atoms with E-state index in [4.69, 9.17) is 11.6 Å². The third-order valence-corrected chi connectivity index (χ3v) is 2.64. The first-order valence-electron chi connectivity index (χ1n) is 5.24. The van der Waals surface area contributed by atoms with Gasteiger partial charge in [0.1, 0.15) is 6.33 Å². The van der Waals surface area contributed by atoms with Gasteiger partial charge in [-0.2, -0.15) is 0 Å². The van der Waals surface area contributed by atoms with Gasteiger partial charge in [-0.1, -0.05) is 37.6 Å². The fourth-order valence-electron chi connectivity index (χ4n) is 1.49. The van der Waals surface area contributed by atoms with Crippen LogP contribution in [0.1, 0.15) is 25.5 Å². The van der Waals surface area contributed by atoms with Gasteiger partial charge in [0, 0.05) is 16.3 Å². The fourth-order valence-corrected chi connectivity index (χ4v) is 1.68. The van der Waals surface area contributed by atoms with Gasteiger partial charge in [-0.05, 0) is 24.1 Å². The van der Waals surface area contributed by atoms with Gasteiger partial charge in [-0.15, -0.1) is 0 Å². The summed E-state index contributed by atoms with van der Waals surface area (Å²) in [6.45, 7) is 4.23. The Labute approximate surface area is 100 Å². The second-order valence-electron chi connectivity index (χ2n) is 3.99. The van der Waals surface area contributed by atoms with Gasteiger partial charge in [0.2, 0.25) is 0 Å². The second-order valence-corrected chi connectivity index (χ2v) is 4.43. The van der Waals surface area contributed by atoms with E-state index in [2.05, 4.69) is 23.8 Å². The smallest absolute Gasteiger partial charge is 0.116 e. The Kier molecular flexibility index (Phi) is 3.20. The molecule has 0 aliphatic carbocycles. The van der Waals surface area contributed by atoms with Crippen molar-refractivity contribution in [3.05, 3.63) is 47.4 Å². The van der Waals surface area contributed by atoms with E-state index < -0.39 is 0 Å². The van der Waals surface area contributed by atoms with Crippen LogP contribution in [0, 0.1) is 0 Å². The lowest BCUT2D eigenvalue weighted by Gasteiger charge is -2.06. The number of hydrogen-bond donors (Lipinski definition) is 0. The molecule has 3 heteroatoms. The molecule has 0 radical (unpaired) electrons.